The van der Waals surface area contributed by atoms with E-state index in [1.165, 1.54) is 7.11 Å². The topological polar surface area (TPSA) is 24.5 Å². The number of ether oxygens (including phenoxy) is 1. The normalized spacial score (nSPS) is 33.4. The minimum absolute atomic E-state index is 0.143. The highest BCUT2D eigenvalue weighted by Gasteiger charge is 2.47. The van der Waals surface area contributed by atoms with Crippen molar-refractivity contribution in [3.63, 3.8) is 0 Å². The standard InChI is InChI=1S/C10H18F2N2O/c1-15-9-6-10(11,12)7-14(9)8-2-4-13-5-3-8/h8-9,13H,2-7H2,1H3/t9-/m1/s1. The van der Waals surface area contributed by atoms with Crippen LogP contribution in [-0.4, -0.2) is 49.8 Å². The Balaban J connectivity index is 2.00. The molecule has 2 rings (SSSR count). The third-order valence-corrected chi connectivity index (χ3v) is 3.31. The molecule has 88 valence electrons. The summed E-state index contributed by atoms with van der Waals surface area (Å²) in [6.07, 6.45) is 1.32. The second-order valence-electron chi connectivity index (χ2n) is 4.40. The fourth-order valence-electron chi connectivity index (χ4n) is 2.53. The fraction of sp³-hybridized carbons (Fsp3) is 1.00. The van der Waals surface area contributed by atoms with Crippen molar-refractivity contribution in [1.29, 1.82) is 0 Å². The Hall–Kier alpha value is -0.260. The van der Waals surface area contributed by atoms with Crippen LogP contribution in [0.1, 0.15) is 19.3 Å². The smallest absolute Gasteiger partial charge is 0.264 e. The molecule has 0 radical (unpaired) electrons. The lowest BCUT2D eigenvalue weighted by Gasteiger charge is -2.34. The van der Waals surface area contributed by atoms with Gasteiger partial charge in [-0.25, -0.2) is 8.78 Å². The van der Waals surface area contributed by atoms with Crippen molar-refractivity contribution in [2.24, 2.45) is 0 Å². The number of nitrogens with one attached hydrogen (secondary N) is 1. The molecule has 0 aromatic rings. The predicted molar refractivity (Wildman–Crippen MR) is 53.0 cm³/mol. The Kier molecular flexibility index (Phi) is 3.23. The largest absolute Gasteiger partial charge is 0.366 e. The van der Waals surface area contributed by atoms with Crippen LogP contribution < -0.4 is 5.32 Å². The van der Waals surface area contributed by atoms with Gasteiger partial charge in [0.05, 0.1) is 13.0 Å². The van der Waals surface area contributed by atoms with Gasteiger partial charge in [-0.2, -0.15) is 0 Å². The molecule has 2 fully saturated rings. The van der Waals surface area contributed by atoms with E-state index in [-0.39, 0.29) is 19.0 Å². The van der Waals surface area contributed by atoms with Gasteiger partial charge in [-0.3, -0.25) is 4.90 Å². The molecule has 0 aliphatic carbocycles. The molecule has 0 amide bonds. The van der Waals surface area contributed by atoms with Gasteiger partial charge in [0.2, 0.25) is 0 Å². The highest BCUT2D eigenvalue weighted by Crippen LogP contribution is 2.35. The summed E-state index contributed by atoms with van der Waals surface area (Å²) < 4.78 is 31.6. The third-order valence-electron chi connectivity index (χ3n) is 3.31. The van der Waals surface area contributed by atoms with Crippen LogP contribution in [0.25, 0.3) is 0 Å². The molecule has 0 bridgehead atoms. The second-order valence-corrected chi connectivity index (χ2v) is 4.40. The van der Waals surface area contributed by atoms with Crippen LogP contribution in [0.5, 0.6) is 0 Å². The molecular formula is C10H18F2N2O. The maximum Gasteiger partial charge on any atom is 0.264 e. The first-order valence-electron chi connectivity index (χ1n) is 5.49. The van der Waals surface area contributed by atoms with Gasteiger partial charge in [-0.05, 0) is 25.9 Å². The lowest BCUT2D eigenvalue weighted by Crippen LogP contribution is -2.46. The van der Waals surface area contributed by atoms with E-state index in [4.69, 9.17) is 4.74 Å². The summed E-state index contributed by atoms with van der Waals surface area (Å²) in [5, 5.41) is 3.24. The molecular weight excluding hydrogens is 202 g/mol. The lowest BCUT2D eigenvalue weighted by atomic mass is 10.1. The Morgan fingerprint density at radius 2 is 2.00 bits per heavy atom. The van der Waals surface area contributed by atoms with E-state index < -0.39 is 12.2 Å². The Labute approximate surface area is 88.8 Å². The first-order valence-corrected chi connectivity index (χ1v) is 5.49. The zero-order valence-corrected chi connectivity index (χ0v) is 9.01. The van der Waals surface area contributed by atoms with Crippen LogP contribution in [0, 0.1) is 0 Å². The zero-order valence-electron chi connectivity index (χ0n) is 9.01. The average molecular weight is 220 g/mol. The number of halogens is 2. The van der Waals surface area contributed by atoms with Crippen molar-refractivity contribution in [2.45, 2.75) is 37.5 Å². The van der Waals surface area contributed by atoms with Crippen molar-refractivity contribution >= 4 is 0 Å². The van der Waals surface area contributed by atoms with Gasteiger partial charge in [-0.1, -0.05) is 0 Å². The molecule has 0 aromatic heterocycles. The Morgan fingerprint density at radius 1 is 1.33 bits per heavy atom. The van der Waals surface area contributed by atoms with Crippen LogP contribution >= 0.6 is 0 Å². The number of nitrogens with zero attached hydrogens (tertiary/aromatic N) is 1. The highest BCUT2D eigenvalue weighted by atomic mass is 19.3. The van der Waals surface area contributed by atoms with Crippen molar-refractivity contribution in [3.8, 4) is 0 Å². The highest BCUT2D eigenvalue weighted by molar-refractivity contribution is 4.91. The van der Waals surface area contributed by atoms with E-state index in [0.29, 0.717) is 0 Å². The van der Waals surface area contributed by atoms with E-state index >= 15 is 0 Å². The van der Waals surface area contributed by atoms with Gasteiger partial charge < -0.3 is 10.1 Å². The first kappa shape index (κ1) is 11.2. The molecule has 3 nitrogen and oxygen atoms in total. The molecule has 0 aromatic carbocycles. The van der Waals surface area contributed by atoms with Gasteiger partial charge in [0.25, 0.3) is 5.92 Å². The minimum Gasteiger partial charge on any atom is -0.366 e. The summed E-state index contributed by atoms with van der Waals surface area (Å²) in [6, 6.07) is 0.254. The minimum atomic E-state index is -2.58. The maximum absolute atomic E-state index is 13.2. The van der Waals surface area contributed by atoms with E-state index in [9.17, 15) is 8.78 Å². The van der Waals surface area contributed by atoms with Crippen LogP contribution in [0.4, 0.5) is 8.78 Å². The van der Waals surface area contributed by atoms with Crippen LogP contribution in [-0.2, 0) is 4.74 Å². The quantitative estimate of drug-likeness (QED) is 0.753. The molecule has 0 unspecified atom stereocenters. The lowest BCUT2D eigenvalue weighted by molar-refractivity contribution is -0.0331. The summed E-state index contributed by atoms with van der Waals surface area (Å²) in [4.78, 5) is 1.83. The molecule has 0 saturated carbocycles. The van der Waals surface area contributed by atoms with Crippen molar-refractivity contribution in [3.05, 3.63) is 0 Å². The predicted octanol–water partition coefficient (Wildman–Crippen LogP) is 1.05. The second kappa shape index (κ2) is 4.31. The van der Waals surface area contributed by atoms with Crippen LogP contribution in [0.2, 0.25) is 0 Å². The first-order chi connectivity index (χ1) is 7.12. The molecule has 2 aliphatic rings. The molecule has 2 saturated heterocycles. The number of rotatable bonds is 2. The number of hydrogen-bond acceptors (Lipinski definition) is 3. The summed E-state index contributed by atoms with van der Waals surface area (Å²) >= 11 is 0. The van der Waals surface area contributed by atoms with E-state index in [2.05, 4.69) is 5.32 Å². The van der Waals surface area contributed by atoms with E-state index in [1.54, 1.807) is 0 Å². The maximum atomic E-state index is 13.2. The van der Waals surface area contributed by atoms with Gasteiger partial charge in [0.15, 0.2) is 0 Å². The Morgan fingerprint density at radius 3 is 2.60 bits per heavy atom. The van der Waals surface area contributed by atoms with Crippen LogP contribution in [0.15, 0.2) is 0 Å². The molecule has 2 aliphatic heterocycles. The number of likely N-dealkylation sites (tertiary alicyclic amines) is 1. The van der Waals surface area contributed by atoms with Gasteiger partial charge in [0, 0.05) is 13.2 Å². The van der Waals surface area contributed by atoms with E-state index in [1.807, 2.05) is 4.90 Å². The Bertz CT molecular complexity index is 219. The van der Waals surface area contributed by atoms with Crippen molar-refractivity contribution in [2.75, 3.05) is 26.7 Å². The summed E-state index contributed by atoms with van der Waals surface area (Å²) in [6.45, 7) is 1.70. The monoisotopic (exact) mass is 220 g/mol. The zero-order chi connectivity index (χ0) is 10.9. The number of hydrogen-bond donors (Lipinski definition) is 1. The SMILES string of the molecule is CO[C@@H]1CC(F)(F)CN1C1CCNCC1. The number of piperidine rings is 1. The van der Waals surface area contributed by atoms with Gasteiger partial charge in [-0.15, -0.1) is 0 Å². The van der Waals surface area contributed by atoms with Crippen molar-refractivity contribution < 1.29 is 13.5 Å². The molecule has 1 N–H and O–H groups in total. The molecule has 0 spiro atoms. The van der Waals surface area contributed by atoms with Crippen molar-refractivity contribution in [1.82, 2.24) is 10.2 Å². The fourth-order valence-corrected chi connectivity index (χ4v) is 2.53. The molecule has 1 atom stereocenters. The third kappa shape index (κ3) is 2.46. The molecule has 2 heterocycles. The van der Waals surface area contributed by atoms with Gasteiger partial charge >= 0.3 is 0 Å². The van der Waals surface area contributed by atoms with Gasteiger partial charge in [0.1, 0.15) is 6.23 Å². The number of alkyl halides is 2. The summed E-state index contributed by atoms with van der Waals surface area (Å²) in [5.41, 5.74) is 0. The molecule has 5 heteroatoms. The average Bonchev–Trinajstić information content (AvgIpc) is 2.55. The van der Waals surface area contributed by atoms with Crippen LogP contribution in [0.3, 0.4) is 0 Å². The summed E-state index contributed by atoms with van der Waals surface area (Å²) in [5.74, 6) is -2.58. The van der Waals surface area contributed by atoms with E-state index in [0.717, 1.165) is 25.9 Å². The molecule has 15 heavy (non-hydrogen) atoms. The summed E-state index contributed by atoms with van der Waals surface area (Å²) in [7, 11) is 1.51. The number of methoxy groups -OCH3 is 1.